The van der Waals surface area contributed by atoms with E-state index >= 15 is 0 Å². The minimum atomic E-state index is 0.227. The van der Waals surface area contributed by atoms with Crippen LogP contribution in [0, 0.1) is 6.92 Å². The third-order valence-corrected chi connectivity index (χ3v) is 5.64. The van der Waals surface area contributed by atoms with Crippen molar-refractivity contribution >= 4 is 22.3 Å². The molecule has 2 aliphatic rings. The number of rotatable bonds is 2. The molecule has 1 aromatic carbocycles. The van der Waals surface area contributed by atoms with Crippen molar-refractivity contribution in [2.24, 2.45) is 0 Å². The first-order valence-electron chi connectivity index (χ1n) is 8.79. The van der Waals surface area contributed by atoms with Crippen LogP contribution in [0.1, 0.15) is 18.9 Å². The fourth-order valence-corrected chi connectivity index (χ4v) is 4.05. The third kappa shape index (κ3) is 2.72. The Morgan fingerprint density at radius 2 is 1.92 bits per heavy atom. The van der Waals surface area contributed by atoms with Crippen LogP contribution in [0.3, 0.4) is 0 Å². The highest BCUT2D eigenvalue weighted by atomic mass is 16.5. The Morgan fingerprint density at radius 1 is 1.12 bits per heavy atom. The predicted octanol–water partition coefficient (Wildman–Crippen LogP) is 2.43. The highest BCUT2D eigenvalue weighted by Gasteiger charge is 2.37. The summed E-state index contributed by atoms with van der Waals surface area (Å²) in [7, 11) is 0. The Kier molecular flexibility index (Phi) is 3.85. The number of nitrogens with zero attached hydrogens (tertiary/aromatic N) is 3. The molecule has 0 unspecified atom stereocenters. The average molecular weight is 326 g/mol. The summed E-state index contributed by atoms with van der Waals surface area (Å²) in [6, 6.07) is 6.44. The molecule has 0 saturated carbocycles. The van der Waals surface area contributed by atoms with Crippen molar-refractivity contribution in [3.63, 3.8) is 0 Å². The number of nitrogens with two attached hydrogens (primary N) is 1. The first-order valence-corrected chi connectivity index (χ1v) is 8.79. The maximum Gasteiger partial charge on any atom is 0.123 e. The van der Waals surface area contributed by atoms with Crippen LogP contribution in [0.4, 0.5) is 11.5 Å². The molecule has 0 radical (unpaired) electrons. The van der Waals surface area contributed by atoms with E-state index in [1.54, 1.807) is 0 Å². The number of hydrogen-bond acceptors (Lipinski definition) is 5. The van der Waals surface area contributed by atoms with Gasteiger partial charge in [0.1, 0.15) is 5.82 Å². The molecule has 0 amide bonds. The van der Waals surface area contributed by atoms with Gasteiger partial charge < -0.3 is 15.4 Å². The van der Waals surface area contributed by atoms with Gasteiger partial charge in [0.2, 0.25) is 0 Å². The number of aromatic nitrogens is 1. The summed E-state index contributed by atoms with van der Waals surface area (Å²) in [6.07, 6.45) is 3.01. The molecule has 2 aliphatic heterocycles. The smallest absolute Gasteiger partial charge is 0.123 e. The summed E-state index contributed by atoms with van der Waals surface area (Å²) in [4.78, 5) is 9.30. The standard InChI is InChI=1S/C19H26N4O/c1-14-9-16-12-21-18(20)11-15(16)10-17(14)22-4-6-23(7-5-22)19(2)3-8-24-13-19/h9-12H,3-8,13H2,1-2H3,(H2,20,21)/t19-/m0/s1. The molecule has 2 saturated heterocycles. The Bertz CT molecular complexity index is 746. The van der Waals surface area contributed by atoms with Crippen LogP contribution in [0.15, 0.2) is 24.4 Å². The Labute approximate surface area is 143 Å². The van der Waals surface area contributed by atoms with Crippen molar-refractivity contribution in [3.8, 4) is 0 Å². The quantitative estimate of drug-likeness (QED) is 0.918. The highest BCUT2D eigenvalue weighted by molar-refractivity contribution is 5.88. The lowest BCUT2D eigenvalue weighted by Gasteiger charge is -2.44. The van der Waals surface area contributed by atoms with Gasteiger partial charge in [-0.25, -0.2) is 4.98 Å². The van der Waals surface area contributed by atoms with E-state index in [0.717, 1.165) is 51.2 Å². The zero-order valence-electron chi connectivity index (χ0n) is 14.6. The van der Waals surface area contributed by atoms with E-state index < -0.39 is 0 Å². The van der Waals surface area contributed by atoms with Gasteiger partial charge in [-0.3, -0.25) is 4.90 Å². The molecule has 1 aromatic heterocycles. The number of ether oxygens (including phenoxy) is 1. The lowest BCUT2D eigenvalue weighted by Crippen LogP contribution is -2.56. The zero-order chi connectivity index (χ0) is 16.7. The van der Waals surface area contributed by atoms with Crippen LogP contribution in [-0.4, -0.2) is 54.8 Å². The molecule has 128 valence electrons. The van der Waals surface area contributed by atoms with Gasteiger partial charge in [0.15, 0.2) is 0 Å². The fourth-order valence-electron chi connectivity index (χ4n) is 4.05. The summed E-state index contributed by atoms with van der Waals surface area (Å²) in [5.41, 5.74) is 8.70. The molecule has 4 rings (SSSR count). The monoisotopic (exact) mass is 326 g/mol. The van der Waals surface area contributed by atoms with Crippen LogP contribution in [0.2, 0.25) is 0 Å². The van der Waals surface area contributed by atoms with E-state index in [2.05, 4.69) is 40.8 Å². The predicted molar refractivity (Wildman–Crippen MR) is 98.5 cm³/mol. The van der Waals surface area contributed by atoms with E-state index in [0.29, 0.717) is 5.82 Å². The molecule has 1 atom stereocenters. The summed E-state index contributed by atoms with van der Waals surface area (Å²) in [5.74, 6) is 0.580. The third-order valence-electron chi connectivity index (χ3n) is 5.64. The minimum Gasteiger partial charge on any atom is -0.384 e. The summed E-state index contributed by atoms with van der Waals surface area (Å²) >= 11 is 0. The highest BCUT2D eigenvalue weighted by Crippen LogP contribution is 2.31. The molecule has 0 aliphatic carbocycles. The Hall–Kier alpha value is -1.85. The number of benzene rings is 1. The number of anilines is 2. The lowest BCUT2D eigenvalue weighted by atomic mass is 9.97. The van der Waals surface area contributed by atoms with Gasteiger partial charge in [0.05, 0.1) is 6.61 Å². The van der Waals surface area contributed by atoms with E-state index in [9.17, 15) is 0 Å². The topological polar surface area (TPSA) is 54.6 Å². The molecular weight excluding hydrogens is 300 g/mol. The SMILES string of the molecule is Cc1cc2cnc(N)cc2cc1N1CCN([C@@]2(C)CCOC2)CC1. The second-order valence-electron chi connectivity index (χ2n) is 7.37. The maximum atomic E-state index is 5.85. The number of piperazine rings is 1. The average Bonchev–Trinajstić information content (AvgIpc) is 3.03. The van der Waals surface area contributed by atoms with Gasteiger partial charge in [-0.15, -0.1) is 0 Å². The molecule has 0 bridgehead atoms. The van der Waals surface area contributed by atoms with Gasteiger partial charge in [-0.05, 0) is 49.4 Å². The summed E-state index contributed by atoms with van der Waals surface area (Å²) in [5, 5.41) is 2.32. The molecule has 24 heavy (non-hydrogen) atoms. The molecule has 2 fully saturated rings. The van der Waals surface area contributed by atoms with Gasteiger partial charge in [0.25, 0.3) is 0 Å². The number of hydrogen-bond donors (Lipinski definition) is 1. The largest absolute Gasteiger partial charge is 0.384 e. The molecule has 2 N–H and O–H groups in total. The molecule has 2 aromatic rings. The van der Waals surface area contributed by atoms with Gasteiger partial charge in [-0.2, -0.15) is 0 Å². The molecule has 5 nitrogen and oxygen atoms in total. The van der Waals surface area contributed by atoms with Crippen LogP contribution in [0.25, 0.3) is 10.8 Å². The first kappa shape index (κ1) is 15.7. The summed E-state index contributed by atoms with van der Waals surface area (Å²) < 4.78 is 5.63. The van der Waals surface area contributed by atoms with Crippen molar-refractivity contribution in [2.45, 2.75) is 25.8 Å². The summed E-state index contributed by atoms with van der Waals surface area (Å²) in [6.45, 7) is 10.6. The van der Waals surface area contributed by atoms with Crippen molar-refractivity contribution in [2.75, 3.05) is 50.0 Å². The van der Waals surface area contributed by atoms with Gasteiger partial charge in [0, 0.05) is 55.6 Å². The van der Waals surface area contributed by atoms with Crippen LogP contribution < -0.4 is 10.6 Å². The fraction of sp³-hybridized carbons (Fsp3) is 0.526. The second kappa shape index (κ2) is 5.90. The molecule has 3 heterocycles. The molecular formula is C19H26N4O. The molecule has 5 heteroatoms. The Morgan fingerprint density at radius 3 is 2.62 bits per heavy atom. The number of aryl methyl sites for hydroxylation is 1. The zero-order valence-corrected chi connectivity index (χ0v) is 14.6. The van der Waals surface area contributed by atoms with Crippen molar-refractivity contribution < 1.29 is 4.74 Å². The lowest BCUT2D eigenvalue weighted by molar-refractivity contribution is 0.0745. The van der Waals surface area contributed by atoms with Crippen LogP contribution in [0.5, 0.6) is 0 Å². The molecule has 0 spiro atoms. The number of fused-ring (bicyclic) bond motifs is 1. The van der Waals surface area contributed by atoms with Crippen molar-refractivity contribution in [3.05, 3.63) is 30.0 Å². The first-order chi connectivity index (χ1) is 11.5. The van der Waals surface area contributed by atoms with Crippen LogP contribution in [-0.2, 0) is 4.74 Å². The van der Waals surface area contributed by atoms with E-state index in [4.69, 9.17) is 10.5 Å². The van der Waals surface area contributed by atoms with Gasteiger partial charge in [-0.1, -0.05) is 0 Å². The maximum absolute atomic E-state index is 5.85. The normalized spacial score (nSPS) is 25.5. The number of pyridine rings is 1. The van der Waals surface area contributed by atoms with Crippen molar-refractivity contribution in [1.29, 1.82) is 0 Å². The van der Waals surface area contributed by atoms with E-state index in [1.807, 2.05) is 12.3 Å². The van der Waals surface area contributed by atoms with E-state index in [1.165, 1.54) is 16.6 Å². The van der Waals surface area contributed by atoms with Crippen molar-refractivity contribution in [1.82, 2.24) is 9.88 Å². The van der Waals surface area contributed by atoms with Gasteiger partial charge >= 0.3 is 0 Å². The van der Waals surface area contributed by atoms with E-state index in [-0.39, 0.29) is 5.54 Å². The minimum absolute atomic E-state index is 0.227. The van der Waals surface area contributed by atoms with Crippen LogP contribution >= 0.6 is 0 Å². The number of nitrogen functional groups attached to an aromatic ring is 1. The Balaban J connectivity index is 1.55. The second-order valence-corrected chi connectivity index (χ2v) is 7.37.